The second-order valence-electron chi connectivity index (χ2n) is 9.10. The van der Waals surface area contributed by atoms with Crippen molar-refractivity contribution in [1.82, 2.24) is 14.6 Å². The standard InChI is InChI=1S/C28H27FN4O4S/c29-21-6-8-22(9-7-21)32-14-16-33(17-15-32)38(36,37)23-10-11-26-24(18-23)27(34)25(19-31-26)28(35)30-13-12-20-4-2-1-3-5-20/h1-11,18-19H,12-17H2,(H,30,35)(H,31,34). The highest BCUT2D eigenvalue weighted by Gasteiger charge is 2.29. The van der Waals surface area contributed by atoms with E-state index in [4.69, 9.17) is 0 Å². The SMILES string of the molecule is O=C(NCCc1ccccc1)c1c[nH]c2ccc(S(=O)(=O)N3CCN(c4ccc(F)cc4)CC3)cc2c1=O. The molecule has 2 heterocycles. The van der Waals surface area contributed by atoms with Crippen LogP contribution in [0.4, 0.5) is 10.1 Å². The number of halogens is 1. The third-order valence-electron chi connectivity index (χ3n) is 6.71. The van der Waals surface area contributed by atoms with Gasteiger partial charge in [-0.15, -0.1) is 0 Å². The smallest absolute Gasteiger partial charge is 0.256 e. The molecule has 5 rings (SSSR count). The van der Waals surface area contributed by atoms with Crippen LogP contribution >= 0.6 is 0 Å². The summed E-state index contributed by atoms with van der Waals surface area (Å²) in [4.78, 5) is 30.8. The lowest BCUT2D eigenvalue weighted by Gasteiger charge is -2.35. The number of nitrogens with zero attached hydrogens (tertiary/aromatic N) is 2. The lowest BCUT2D eigenvalue weighted by atomic mass is 10.1. The predicted molar refractivity (Wildman–Crippen MR) is 144 cm³/mol. The second kappa shape index (κ2) is 10.8. The van der Waals surface area contributed by atoms with Crippen LogP contribution in [0.15, 0.2) is 88.7 Å². The van der Waals surface area contributed by atoms with Crippen molar-refractivity contribution in [3.05, 3.63) is 106 Å². The molecule has 0 unspecified atom stereocenters. The molecule has 10 heteroatoms. The first-order valence-electron chi connectivity index (χ1n) is 12.3. The minimum Gasteiger partial charge on any atom is -0.369 e. The normalized spacial score (nSPS) is 14.5. The van der Waals surface area contributed by atoms with Crippen LogP contribution < -0.4 is 15.6 Å². The molecule has 0 bridgehead atoms. The second-order valence-corrected chi connectivity index (χ2v) is 11.0. The van der Waals surface area contributed by atoms with E-state index in [1.807, 2.05) is 35.2 Å². The van der Waals surface area contributed by atoms with Crippen molar-refractivity contribution >= 4 is 32.5 Å². The molecule has 38 heavy (non-hydrogen) atoms. The molecule has 1 aliphatic rings. The Kier molecular flexibility index (Phi) is 7.26. The highest BCUT2D eigenvalue weighted by Crippen LogP contribution is 2.23. The summed E-state index contributed by atoms with van der Waals surface area (Å²) in [6.45, 7) is 1.76. The summed E-state index contributed by atoms with van der Waals surface area (Å²) < 4.78 is 41.4. The number of hydrogen-bond acceptors (Lipinski definition) is 5. The number of pyridine rings is 1. The van der Waals surface area contributed by atoms with Gasteiger partial charge in [-0.05, 0) is 54.4 Å². The van der Waals surface area contributed by atoms with Crippen LogP contribution in [0.2, 0.25) is 0 Å². The quantitative estimate of drug-likeness (QED) is 0.379. The first-order valence-corrected chi connectivity index (χ1v) is 13.8. The van der Waals surface area contributed by atoms with Crippen molar-refractivity contribution in [2.45, 2.75) is 11.3 Å². The van der Waals surface area contributed by atoms with Crippen LogP contribution in [0.3, 0.4) is 0 Å². The molecule has 1 fully saturated rings. The Balaban J connectivity index is 1.31. The van der Waals surface area contributed by atoms with Gasteiger partial charge in [-0.2, -0.15) is 4.31 Å². The zero-order chi connectivity index (χ0) is 26.7. The third-order valence-corrected chi connectivity index (χ3v) is 8.60. The summed E-state index contributed by atoms with van der Waals surface area (Å²) in [5, 5.41) is 2.89. The van der Waals surface area contributed by atoms with Gasteiger partial charge in [-0.25, -0.2) is 12.8 Å². The van der Waals surface area contributed by atoms with Crippen molar-refractivity contribution in [2.75, 3.05) is 37.6 Å². The number of sulfonamides is 1. The number of aromatic amines is 1. The average Bonchev–Trinajstić information content (AvgIpc) is 2.94. The number of benzene rings is 3. The summed E-state index contributed by atoms with van der Waals surface area (Å²) in [6.07, 6.45) is 1.97. The Morgan fingerprint density at radius 3 is 2.37 bits per heavy atom. The molecule has 0 radical (unpaired) electrons. The van der Waals surface area contributed by atoms with E-state index in [-0.39, 0.29) is 34.8 Å². The lowest BCUT2D eigenvalue weighted by Crippen LogP contribution is -2.48. The fourth-order valence-corrected chi connectivity index (χ4v) is 6.02. The summed E-state index contributed by atoms with van der Waals surface area (Å²) in [5.41, 5.74) is 1.72. The molecule has 2 N–H and O–H groups in total. The van der Waals surface area contributed by atoms with E-state index < -0.39 is 21.4 Å². The van der Waals surface area contributed by atoms with Crippen LogP contribution in [-0.2, 0) is 16.4 Å². The van der Waals surface area contributed by atoms with Gasteiger partial charge in [0.2, 0.25) is 15.5 Å². The Hall–Kier alpha value is -4.02. The van der Waals surface area contributed by atoms with Gasteiger partial charge in [0, 0.05) is 55.5 Å². The first kappa shape index (κ1) is 25.6. The zero-order valence-corrected chi connectivity index (χ0v) is 21.4. The highest BCUT2D eigenvalue weighted by atomic mass is 32.2. The van der Waals surface area contributed by atoms with Crippen molar-refractivity contribution in [3.63, 3.8) is 0 Å². The molecule has 1 saturated heterocycles. The molecule has 1 aromatic heterocycles. The number of piperazine rings is 1. The van der Waals surface area contributed by atoms with Gasteiger partial charge < -0.3 is 15.2 Å². The van der Waals surface area contributed by atoms with Gasteiger partial charge in [-0.1, -0.05) is 30.3 Å². The number of anilines is 1. The topological polar surface area (TPSA) is 103 Å². The minimum atomic E-state index is -3.87. The van der Waals surface area contributed by atoms with Crippen molar-refractivity contribution in [2.24, 2.45) is 0 Å². The zero-order valence-electron chi connectivity index (χ0n) is 20.6. The van der Waals surface area contributed by atoms with Crippen LogP contribution in [0, 0.1) is 5.82 Å². The third kappa shape index (κ3) is 5.32. The number of amides is 1. The Bertz CT molecular complexity index is 1610. The van der Waals surface area contributed by atoms with Gasteiger partial charge in [0.25, 0.3) is 5.91 Å². The fraction of sp³-hybridized carbons (Fsp3) is 0.214. The largest absolute Gasteiger partial charge is 0.369 e. The minimum absolute atomic E-state index is 0.00707. The summed E-state index contributed by atoms with van der Waals surface area (Å²) in [6, 6.07) is 20.1. The van der Waals surface area contributed by atoms with Crippen molar-refractivity contribution in [1.29, 1.82) is 0 Å². The Morgan fingerprint density at radius 2 is 1.66 bits per heavy atom. The summed E-state index contributed by atoms with van der Waals surface area (Å²) in [7, 11) is -3.87. The van der Waals surface area contributed by atoms with E-state index in [2.05, 4.69) is 10.3 Å². The molecule has 0 atom stereocenters. The number of aromatic nitrogens is 1. The molecular formula is C28H27FN4O4S. The van der Waals surface area contributed by atoms with Gasteiger partial charge in [0.05, 0.1) is 4.90 Å². The molecule has 196 valence electrons. The number of rotatable bonds is 7. The van der Waals surface area contributed by atoms with E-state index in [0.29, 0.717) is 31.6 Å². The average molecular weight is 535 g/mol. The molecule has 3 aromatic carbocycles. The molecule has 1 amide bonds. The van der Waals surface area contributed by atoms with Gasteiger partial charge in [-0.3, -0.25) is 9.59 Å². The van der Waals surface area contributed by atoms with E-state index >= 15 is 0 Å². The molecule has 4 aromatic rings. The van der Waals surface area contributed by atoms with E-state index in [9.17, 15) is 22.4 Å². The molecule has 0 spiro atoms. The van der Waals surface area contributed by atoms with Crippen molar-refractivity contribution < 1.29 is 17.6 Å². The Morgan fingerprint density at radius 1 is 0.947 bits per heavy atom. The van der Waals surface area contributed by atoms with Crippen molar-refractivity contribution in [3.8, 4) is 0 Å². The van der Waals surface area contributed by atoms with Gasteiger partial charge >= 0.3 is 0 Å². The van der Waals surface area contributed by atoms with Crippen LogP contribution in [0.5, 0.6) is 0 Å². The number of H-pyrrole nitrogens is 1. The maximum Gasteiger partial charge on any atom is 0.256 e. The van der Waals surface area contributed by atoms with E-state index in [1.165, 1.54) is 40.8 Å². The van der Waals surface area contributed by atoms with Gasteiger partial charge in [0.15, 0.2) is 0 Å². The van der Waals surface area contributed by atoms with Crippen LogP contribution in [0.1, 0.15) is 15.9 Å². The number of nitrogens with one attached hydrogen (secondary N) is 2. The monoisotopic (exact) mass is 534 g/mol. The van der Waals surface area contributed by atoms with Crippen LogP contribution in [-0.4, -0.2) is 56.3 Å². The fourth-order valence-electron chi connectivity index (χ4n) is 4.57. The lowest BCUT2D eigenvalue weighted by molar-refractivity contribution is 0.0953. The van der Waals surface area contributed by atoms with E-state index in [1.54, 1.807) is 12.1 Å². The number of carbonyl (C=O) groups is 1. The first-order chi connectivity index (χ1) is 18.3. The molecule has 0 aliphatic carbocycles. The predicted octanol–water partition coefficient (Wildman–Crippen LogP) is 3.15. The molecule has 0 saturated carbocycles. The number of hydrogen-bond donors (Lipinski definition) is 2. The number of carbonyl (C=O) groups excluding carboxylic acids is 1. The summed E-state index contributed by atoms with van der Waals surface area (Å²) in [5.74, 6) is -0.844. The van der Waals surface area contributed by atoms with Crippen LogP contribution in [0.25, 0.3) is 10.9 Å². The Labute approximate surface area is 219 Å². The molecular weight excluding hydrogens is 507 g/mol. The highest BCUT2D eigenvalue weighted by molar-refractivity contribution is 7.89. The van der Waals surface area contributed by atoms with E-state index in [0.717, 1.165) is 11.3 Å². The maximum absolute atomic E-state index is 13.4. The summed E-state index contributed by atoms with van der Waals surface area (Å²) >= 11 is 0. The number of fused-ring (bicyclic) bond motifs is 1. The molecule has 1 aliphatic heterocycles. The maximum atomic E-state index is 13.4. The molecule has 8 nitrogen and oxygen atoms in total. The van der Waals surface area contributed by atoms with Gasteiger partial charge in [0.1, 0.15) is 11.4 Å².